The fourth-order valence-electron chi connectivity index (χ4n) is 7.99. The monoisotopic (exact) mass is 599 g/mol. The van der Waals surface area contributed by atoms with Crippen molar-refractivity contribution in [3.05, 3.63) is 40.1 Å². The molecule has 41 heavy (non-hydrogen) atoms. The van der Waals surface area contributed by atoms with Crippen molar-refractivity contribution in [3.8, 4) is 5.88 Å². The largest absolute Gasteiger partial charge is 0.472 e. The van der Waals surface area contributed by atoms with Gasteiger partial charge in [0.1, 0.15) is 11.5 Å². The van der Waals surface area contributed by atoms with E-state index >= 15 is 0 Å². The van der Waals surface area contributed by atoms with Gasteiger partial charge in [0.15, 0.2) is 0 Å². The second-order valence-electron chi connectivity index (χ2n) is 13.4. The first-order valence-corrected chi connectivity index (χ1v) is 16.4. The Morgan fingerprint density at radius 3 is 2.54 bits per heavy atom. The average Bonchev–Trinajstić information content (AvgIpc) is 3.28. The van der Waals surface area contributed by atoms with Gasteiger partial charge in [-0.3, -0.25) is 9.59 Å². The molecule has 0 spiro atoms. The molecule has 6 aliphatic carbocycles. The van der Waals surface area contributed by atoms with Gasteiger partial charge in [-0.05, 0) is 105 Å². The van der Waals surface area contributed by atoms with Gasteiger partial charge in [0, 0.05) is 11.3 Å². The summed E-state index contributed by atoms with van der Waals surface area (Å²) in [5, 5.41) is 22.4. The summed E-state index contributed by atoms with van der Waals surface area (Å²) in [6.45, 7) is 2.17. The van der Waals surface area contributed by atoms with Crippen LogP contribution in [0.5, 0.6) is 5.88 Å². The van der Waals surface area contributed by atoms with E-state index in [0.29, 0.717) is 44.4 Å². The van der Waals surface area contributed by atoms with Crippen molar-refractivity contribution < 1.29 is 24.0 Å². The molecule has 3 N–H and O–H groups in total. The number of aliphatic hydroxyl groups is 1. The fraction of sp³-hybridized carbons (Fsp3) is 0.645. The van der Waals surface area contributed by atoms with E-state index < -0.39 is 11.1 Å². The minimum atomic E-state index is -0.548. The molecule has 8 nitrogen and oxygen atoms in total. The van der Waals surface area contributed by atoms with Crippen molar-refractivity contribution in [3.63, 3.8) is 0 Å². The molecule has 6 fully saturated rings. The van der Waals surface area contributed by atoms with Crippen LogP contribution in [0.1, 0.15) is 97.1 Å². The molecule has 220 valence electrons. The molecule has 6 saturated carbocycles. The SMILES string of the molecule is Cc1ccc(C(=O)NC2(COc3noc(C(=O)NC4C5CC6CC4CC(O)(C6)C5)c3SC3CCCC3)CC2)c(Cl)c1. The third-order valence-corrected chi connectivity index (χ3v) is 11.8. The lowest BCUT2D eigenvalue weighted by Gasteiger charge is -2.58. The van der Waals surface area contributed by atoms with E-state index in [1.54, 1.807) is 23.9 Å². The van der Waals surface area contributed by atoms with Crippen molar-refractivity contribution in [1.29, 1.82) is 0 Å². The van der Waals surface area contributed by atoms with Gasteiger partial charge in [-0.2, -0.15) is 0 Å². The van der Waals surface area contributed by atoms with Crippen LogP contribution in [0.25, 0.3) is 0 Å². The first kappa shape index (κ1) is 27.6. The zero-order valence-electron chi connectivity index (χ0n) is 23.4. The first-order chi connectivity index (χ1) is 19.7. The molecule has 1 aromatic heterocycles. The van der Waals surface area contributed by atoms with E-state index in [0.717, 1.165) is 63.4 Å². The molecule has 1 aromatic carbocycles. The molecule has 2 aromatic rings. The van der Waals surface area contributed by atoms with E-state index in [2.05, 4.69) is 15.8 Å². The van der Waals surface area contributed by atoms with Crippen LogP contribution in [0.4, 0.5) is 0 Å². The van der Waals surface area contributed by atoms with Gasteiger partial charge in [0.2, 0.25) is 5.76 Å². The molecule has 0 radical (unpaired) electrons. The topological polar surface area (TPSA) is 114 Å². The van der Waals surface area contributed by atoms with E-state index in [1.165, 1.54) is 12.8 Å². The molecular formula is C31H38ClN3O5S. The normalized spacial score (nSPS) is 31.3. The predicted octanol–water partition coefficient (Wildman–Crippen LogP) is 5.68. The Kier molecular flexibility index (Phi) is 7.06. The molecule has 10 heteroatoms. The standard InChI is InChI=1S/C31H38ClN3O5S/c1-17-6-7-22(23(32)10-17)27(36)34-30(8-9-30)16-39-29-26(41-21-4-2-3-5-21)25(40-35-29)28(37)33-24-19-11-18-12-20(24)15-31(38,13-18)14-19/h6-7,10,18-21,24,38H,2-5,8-9,11-16H2,1H3,(H,33,37)(H,34,36). The van der Waals surface area contributed by atoms with Gasteiger partial charge in [0.25, 0.3) is 17.7 Å². The minimum absolute atomic E-state index is 0.0525. The Labute approximate surface area is 249 Å². The van der Waals surface area contributed by atoms with Crippen LogP contribution >= 0.6 is 23.4 Å². The van der Waals surface area contributed by atoms with Crippen LogP contribution in [0.3, 0.4) is 0 Å². The van der Waals surface area contributed by atoms with Crippen LogP contribution < -0.4 is 15.4 Å². The third kappa shape index (κ3) is 5.50. The Hall–Kier alpha value is -2.23. The number of aromatic nitrogens is 1. The number of carbonyl (C=O) groups is 2. The molecule has 2 amide bonds. The van der Waals surface area contributed by atoms with Crippen LogP contribution in [0.15, 0.2) is 27.6 Å². The lowest BCUT2D eigenvalue weighted by Crippen LogP contribution is -2.61. The van der Waals surface area contributed by atoms with E-state index in [4.69, 9.17) is 20.9 Å². The van der Waals surface area contributed by atoms with E-state index in [9.17, 15) is 14.7 Å². The Morgan fingerprint density at radius 2 is 1.88 bits per heavy atom. The number of hydrogen-bond acceptors (Lipinski definition) is 7. The van der Waals surface area contributed by atoms with Gasteiger partial charge in [-0.15, -0.1) is 11.8 Å². The number of aryl methyl sites for hydroxylation is 1. The molecule has 2 unspecified atom stereocenters. The number of carbonyl (C=O) groups excluding carboxylic acids is 2. The summed E-state index contributed by atoms with van der Waals surface area (Å²) in [6.07, 6.45) is 10.7. The van der Waals surface area contributed by atoms with E-state index in [-0.39, 0.29) is 30.2 Å². The van der Waals surface area contributed by atoms with Gasteiger partial charge in [-0.25, -0.2) is 0 Å². The van der Waals surface area contributed by atoms with Crippen LogP contribution in [0, 0.1) is 24.7 Å². The summed E-state index contributed by atoms with van der Waals surface area (Å²) in [6, 6.07) is 5.45. The van der Waals surface area contributed by atoms with Crippen molar-refractivity contribution in [1.82, 2.24) is 15.8 Å². The number of benzene rings is 1. The third-order valence-electron chi connectivity index (χ3n) is 10.0. The summed E-state index contributed by atoms with van der Waals surface area (Å²) in [5.41, 5.74) is 0.392. The van der Waals surface area contributed by atoms with Crippen molar-refractivity contribution in [2.75, 3.05) is 6.61 Å². The number of thioether (sulfide) groups is 1. The highest BCUT2D eigenvalue weighted by Crippen LogP contribution is 2.55. The molecule has 8 rings (SSSR count). The number of halogens is 1. The molecule has 0 aliphatic heterocycles. The lowest BCUT2D eigenvalue weighted by atomic mass is 9.52. The number of rotatable bonds is 9. The molecule has 4 bridgehead atoms. The summed E-state index contributed by atoms with van der Waals surface area (Å²) in [7, 11) is 0. The average molecular weight is 600 g/mol. The van der Waals surface area contributed by atoms with Crippen molar-refractivity contribution in [2.45, 2.75) is 105 Å². The molecule has 0 saturated heterocycles. The van der Waals surface area contributed by atoms with Crippen LogP contribution in [-0.4, -0.2) is 51.1 Å². The Balaban J connectivity index is 1.05. The predicted molar refractivity (Wildman–Crippen MR) is 155 cm³/mol. The van der Waals surface area contributed by atoms with Gasteiger partial charge >= 0.3 is 0 Å². The molecule has 2 atom stereocenters. The number of hydrogen-bond donors (Lipinski definition) is 3. The molecule has 6 aliphatic rings. The van der Waals surface area contributed by atoms with Crippen molar-refractivity contribution >= 4 is 35.2 Å². The summed E-state index contributed by atoms with van der Waals surface area (Å²) in [4.78, 5) is 27.3. The number of amides is 2. The lowest BCUT2D eigenvalue weighted by molar-refractivity contribution is -0.137. The van der Waals surface area contributed by atoms with Crippen LogP contribution in [0.2, 0.25) is 5.02 Å². The van der Waals surface area contributed by atoms with E-state index in [1.807, 2.05) is 13.0 Å². The Morgan fingerprint density at radius 1 is 1.15 bits per heavy atom. The number of ether oxygens (including phenoxy) is 1. The zero-order valence-corrected chi connectivity index (χ0v) is 25.0. The van der Waals surface area contributed by atoms with Crippen molar-refractivity contribution in [2.24, 2.45) is 17.8 Å². The molecular weight excluding hydrogens is 562 g/mol. The maximum Gasteiger partial charge on any atom is 0.291 e. The fourth-order valence-corrected chi connectivity index (χ4v) is 9.65. The highest BCUT2D eigenvalue weighted by Gasteiger charge is 2.55. The highest BCUT2D eigenvalue weighted by atomic mass is 35.5. The van der Waals surface area contributed by atoms with Crippen LogP contribution in [-0.2, 0) is 0 Å². The summed E-state index contributed by atoms with van der Waals surface area (Å²) >= 11 is 7.96. The summed E-state index contributed by atoms with van der Waals surface area (Å²) in [5.74, 6) is 1.24. The quantitative estimate of drug-likeness (QED) is 0.340. The number of nitrogens with zero attached hydrogens (tertiary/aromatic N) is 1. The maximum absolute atomic E-state index is 13.7. The van der Waals surface area contributed by atoms with Gasteiger partial charge < -0.3 is 25.0 Å². The highest BCUT2D eigenvalue weighted by molar-refractivity contribution is 8.00. The minimum Gasteiger partial charge on any atom is -0.472 e. The maximum atomic E-state index is 13.7. The second-order valence-corrected chi connectivity index (χ2v) is 15.1. The zero-order chi connectivity index (χ0) is 28.4. The summed E-state index contributed by atoms with van der Waals surface area (Å²) < 4.78 is 11.9. The second kappa shape index (κ2) is 10.5. The Bertz CT molecular complexity index is 1340. The first-order valence-electron chi connectivity index (χ1n) is 15.1. The smallest absolute Gasteiger partial charge is 0.291 e. The molecule has 1 heterocycles. The van der Waals surface area contributed by atoms with Gasteiger partial charge in [-0.1, -0.05) is 30.5 Å². The van der Waals surface area contributed by atoms with Gasteiger partial charge in [0.05, 0.1) is 21.7 Å². The number of nitrogens with one attached hydrogen (secondary N) is 2.